The van der Waals surface area contributed by atoms with Crippen LogP contribution in [0.1, 0.15) is 57.7 Å². The molecule has 194 valence electrons. The van der Waals surface area contributed by atoms with Gasteiger partial charge < -0.3 is 10.2 Å². The number of allylic oxidation sites excluding steroid dienone is 2. The van der Waals surface area contributed by atoms with Crippen molar-refractivity contribution in [1.29, 1.82) is 0 Å². The molecule has 0 aliphatic carbocycles. The van der Waals surface area contributed by atoms with Crippen LogP contribution in [0.5, 0.6) is 0 Å². The van der Waals surface area contributed by atoms with Gasteiger partial charge in [0.25, 0.3) is 0 Å². The third-order valence-corrected chi connectivity index (χ3v) is 6.05. The standard InChI is InChI=1S/C26H38N8OS/c1-18(2)15-20(5)16-24(35)27-23-14-13-22(28-29-23)11-9-10-12-25-30-31-26(36-25)34(8)21(6)17-33(7)32-19(3)4/h13-15H,1,6,9-12,16-17H2,2-5,7-8H3,(H,27,29,35)/b20-15+. The molecule has 0 fully saturated rings. The van der Waals surface area contributed by atoms with E-state index in [1.165, 1.54) is 0 Å². The Morgan fingerprint density at radius 2 is 1.78 bits per heavy atom. The van der Waals surface area contributed by atoms with Gasteiger partial charge in [0.05, 0.1) is 12.2 Å². The number of carbonyl (C=O) groups excluding carboxylic acids is 1. The Labute approximate surface area is 218 Å². The van der Waals surface area contributed by atoms with Gasteiger partial charge in [0.2, 0.25) is 11.0 Å². The van der Waals surface area contributed by atoms with Crippen molar-refractivity contribution in [3.05, 3.63) is 58.9 Å². The Morgan fingerprint density at radius 3 is 2.42 bits per heavy atom. The van der Waals surface area contributed by atoms with Gasteiger partial charge >= 0.3 is 0 Å². The number of hydrazone groups is 1. The fourth-order valence-corrected chi connectivity index (χ4v) is 4.30. The summed E-state index contributed by atoms with van der Waals surface area (Å²) in [4.78, 5) is 14.1. The Morgan fingerprint density at radius 1 is 1.06 bits per heavy atom. The molecular weight excluding hydrogens is 472 g/mol. The van der Waals surface area contributed by atoms with Crippen LogP contribution in [0.25, 0.3) is 0 Å². The van der Waals surface area contributed by atoms with E-state index in [4.69, 9.17) is 0 Å². The number of aryl methyl sites for hydroxylation is 2. The van der Waals surface area contributed by atoms with Crippen LogP contribution in [-0.4, -0.2) is 57.7 Å². The van der Waals surface area contributed by atoms with Crippen LogP contribution in [0, 0.1) is 0 Å². The monoisotopic (exact) mass is 510 g/mol. The number of hydrogen-bond donors (Lipinski definition) is 1. The third kappa shape index (κ3) is 10.5. The lowest BCUT2D eigenvalue weighted by Gasteiger charge is -2.22. The molecule has 0 unspecified atom stereocenters. The second-order valence-electron chi connectivity index (χ2n) is 9.15. The summed E-state index contributed by atoms with van der Waals surface area (Å²) < 4.78 is 0. The molecule has 0 aliphatic rings. The molecule has 0 spiro atoms. The first-order chi connectivity index (χ1) is 17.0. The first-order valence-corrected chi connectivity index (χ1v) is 12.8. The third-order valence-electron chi connectivity index (χ3n) is 4.99. The van der Waals surface area contributed by atoms with Crippen LogP contribution in [0.4, 0.5) is 10.9 Å². The van der Waals surface area contributed by atoms with Crippen molar-refractivity contribution in [3.8, 4) is 0 Å². The van der Waals surface area contributed by atoms with E-state index in [-0.39, 0.29) is 5.91 Å². The molecule has 10 heteroatoms. The first-order valence-electron chi connectivity index (χ1n) is 12.0. The summed E-state index contributed by atoms with van der Waals surface area (Å²) in [5, 5.41) is 27.9. The van der Waals surface area contributed by atoms with E-state index in [9.17, 15) is 4.79 Å². The second kappa shape index (κ2) is 14.2. The Bertz CT molecular complexity index is 1100. The van der Waals surface area contributed by atoms with Crippen molar-refractivity contribution in [2.45, 2.75) is 59.8 Å². The molecule has 0 saturated carbocycles. The van der Waals surface area contributed by atoms with Crippen LogP contribution in [0.3, 0.4) is 0 Å². The number of likely N-dealkylation sites (N-methyl/N-ethyl adjacent to an activating group) is 2. The lowest BCUT2D eigenvalue weighted by Crippen LogP contribution is -2.25. The first kappa shape index (κ1) is 28.8. The highest BCUT2D eigenvalue weighted by Gasteiger charge is 2.13. The fraction of sp³-hybridized carbons (Fsp3) is 0.462. The van der Waals surface area contributed by atoms with E-state index in [0.29, 0.717) is 18.8 Å². The molecule has 0 saturated heterocycles. The number of hydrogen-bond acceptors (Lipinski definition) is 9. The van der Waals surface area contributed by atoms with Gasteiger partial charge in [-0.25, -0.2) is 0 Å². The molecule has 9 nitrogen and oxygen atoms in total. The maximum absolute atomic E-state index is 12.1. The average Bonchev–Trinajstić information content (AvgIpc) is 3.24. The molecule has 0 aliphatic heterocycles. The Balaban J connectivity index is 1.75. The van der Waals surface area contributed by atoms with Crippen LogP contribution in [-0.2, 0) is 17.6 Å². The van der Waals surface area contributed by atoms with E-state index >= 15 is 0 Å². The molecule has 0 aromatic carbocycles. The predicted molar refractivity (Wildman–Crippen MR) is 149 cm³/mol. The minimum absolute atomic E-state index is 0.116. The molecule has 2 heterocycles. The SMILES string of the molecule is C=C(C)/C=C(\C)CC(=O)Nc1ccc(CCCCc2nnc(N(C)C(=C)CN(C)N=C(C)C)s2)nn1. The number of unbranched alkanes of at least 4 members (excludes halogenated alkanes) is 1. The van der Waals surface area contributed by atoms with E-state index in [1.54, 1.807) is 17.4 Å². The van der Waals surface area contributed by atoms with Gasteiger partial charge in [-0.15, -0.1) is 15.3 Å². The lowest BCUT2D eigenvalue weighted by atomic mass is 10.1. The van der Waals surface area contributed by atoms with E-state index in [1.807, 2.05) is 63.8 Å². The topological polar surface area (TPSA) is 99.5 Å². The molecule has 2 rings (SSSR count). The maximum atomic E-state index is 12.1. The highest BCUT2D eigenvalue weighted by Crippen LogP contribution is 2.23. The summed E-state index contributed by atoms with van der Waals surface area (Å²) in [6.45, 7) is 16.3. The molecule has 2 aromatic rings. The van der Waals surface area contributed by atoms with Gasteiger partial charge in [-0.2, -0.15) is 10.2 Å². The molecule has 2 aromatic heterocycles. The van der Waals surface area contributed by atoms with Crippen LogP contribution in [0.2, 0.25) is 0 Å². The zero-order valence-electron chi connectivity index (χ0n) is 22.3. The van der Waals surface area contributed by atoms with Crippen molar-refractivity contribution >= 4 is 33.9 Å². The van der Waals surface area contributed by atoms with E-state index in [2.05, 4.69) is 44.0 Å². The van der Waals surface area contributed by atoms with Gasteiger partial charge in [-0.1, -0.05) is 41.7 Å². The number of carbonyl (C=O) groups is 1. The highest BCUT2D eigenvalue weighted by molar-refractivity contribution is 7.15. The number of anilines is 2. The zero-order valence-corrected chi connectivity index (χ0v) is 23.2. The van der Waals surface area contributed by atoms with Crippen molar-refractivity contribution in [2.75, 3.05) is 30.9 Å². The summed E-state index contributed by atoms with van der Waals surface area (Å²) in [5.74, 6) is 0.344. The fourth-order valence-electron chi connectivity index (χ4n) is 3.42. The number of amides is 1. The number of nitrogens with one attached hydrogen (secondary N) is 1. The highest BCUT2D eigenvalue weighted by atomic mass is 32.1. The largest absolute Gasteiger partial charge is 0.322 e. The summed E-state index contributed by atoms with van der Waals surface area (Å²) in [5.41, 5.74) is 4.67. The summed E-state index contributed by atoms with van der Waals surface area (Å²) in [7, 11) is 3.88. The molecule has 1 N–H and O–H groups in total. The van der Waals surface area contributed by atoms with Crippen molar-refractivity contribution < 1.29 is 4.79 Å². The minimum Gasteiger partial charge on any atom is -0.322 e. The van der Waals surface area contributed by atoms with Crippen LogP contribution >= 0.6 is 11.3 Å². The summed E-state index contributed by atoms with van der Waals surface area (Å²) in [6.07, 6.45) is 5.81. The quantitative estimate of drug-likeness (QED) is 0.165. The number of aromatic nitrogens is 4. The lowest BCUT2D eigenvalue weighted by molar-refractivity contribution is -0.115. The van der Waals surface area contributed by atoms with Crippen LogP contribution in [0.15, 0.2) is 53.3 Å². The molecule has 1 amide bonds. The molecule has 0 bridgehead atoms. The summed E-state index contributed by atoms with van der Waals surface area (Å²) in [6, 6.07) is 3.70. The summed E-state index contributed by atoms with van der Waals surface area (Å²) >= 11 is 1.58. The van der Waals surface area contributed by atoms with E-state index in [0.717, 1.165) is 64.1 Å². The van der Waals surface area contributed by atoms with Crippen molar-refractivity contribution in [2.24, 2.45) is 5.10 Å². The van der Waals surface area contributed by atoms with Crippen LogP contribution < -0.4 is 10.2 Å². The van der Waals surface area contributed by atoms with Gasteiger partial charge in [0, 0.05) is 38.3 Å². The molecular formula is C26H38N8OS. The molecule has 0 radical (unpaired) electrons. The molecule has 36 heavy (non-hydrogen) atoms. The predicted octanol–water partition coefficient (Wildman–Crippen LogP) is 5.02. The normalized spacial score (nSPS) is 11.1. The average molecular weight is 511 g/mol. The minimum atomic E-state index is -0.116. The van der Waals surface area contributed by atoms with Gasteiger partial charge in [0.1, 0.15) is 5.01 Å². The smallest absolute Gasteiger partial charge is 0.229 e. The number of nitrogens with zero attached hydrogens (tertiary/aromatic N) is 7. The number of rotatable bonds is 14. The Kier molecular flexibility index (Phi) is 11.4. The molecule has 0 atom stereocenters. The Hall–Kier alpha value is -3.40. The van der Waals surface area contributed by atoms with Crippen molar-refractivity contribution in [1.82, 2.24) is 25.4 Å². The van der Waals surface area contributed by atoms with E-state index < -0.39 is 0 Å². The van der Waals surface area contributed by atoms with Gasteiger partial charge in [0.15, 0.2) is 5.82 Å². The van der Waals surface area contributed by atoms with Gasteiger partial charge in [-0.3, -0.25) is 9.80 Å². The zero-order chi connectivity index (χ0) is 26.7. The van der Waals surface area contributed by atoms with Crippen molar-refractivity contribution in [3.63, 3.8) is 0 Å². The van der Waals surface area contributed by atoms with Gasteiger partial charge in [-0.05, 0) is 59.1 Å². The second-order valence-corrected chi connectivity index (χ2v) is 10.2. The maximum Gasteiger partial charge on any atom is 0.229 e.